The van der Waals surface area contributed by atoms with Gasteiger partial charge in [0.15, 0.2) is 5.69 Å². The number of carboxylic acids is 1. The third-order valence-corrected chi connectivity index (χ3v) is 5.55. The molecule has 5 nitrogen and oxygen atoms in total. The second-order valence-corrected chi connectivity index (χ2v) is 6.96. The van der Waals surface area contributed by atoms with Crippen LogP contribution in [0.15, 0.2) is 16.8 Å². The summed E-state index contributed by atoms with van der Waals surface area (Å²) in [5.74, 6) is -0.628. The molecule has 2 heterocycles. The van der Waals surface area contributed by atoms with E-state index in [0.29, 0.717) is 17.5 Å². The molecule has 0 aliphatic heterocycles. The van der Waals surface area contributed by atoms with Crippen LogP contribution in [0.1, 0.15) is 38.3 Å². The number of nitrogens with one attached hydrogen (secondary N) is 1. The first kappa shape index (κ1) is 14.2. The Bertz CT molecular complexity index is 692. The molecular weight excluding hydrogens is 308 g/mol. The van der Waals surface area contributed by atoms with Gasteiger partial charge in [0, 0.05) is 22.1 Å². The lowest BCUT2D eigenvalue weighted by Gasteiger charge is -2.02. The maximum absolute atomic E-state index is 12.1. The zero-order chi connectivity index (χ0) is 15.0. The minimum Gasteiger partial charge on any atom is -0.476 e. The highest BCUT2D eigenvalue weighted by Gasteiger charge is 2.45. The van der Waals surface area contributed by atoms with E-state index in [1.807, 2.05) is 0 Å². The van der Waals surface area contributed by atoms with E-state index in [-0.39, 0.29) is 17.5 Å². The number of hydrogen-bond acceptors (Lipinski definition) is 5. The minimum absolute atomic E-state index is 0.0277. The SMILES string of the molecule is Cc1ccsc1[C@@H]1C[C@H]1C(=O)NCc1nc(C(=O)O)cs1. The number of rotatable bonds is 5. The predicted octanol–water partition coefficient (Wildman–Crippen LogP) is 2.63. The number of aromatic nitrogens is 1. The van der Waals surface area contributed by atoms with Crippen molar-refractivity contribution in [2.24, 2.45) is 5.92 Å². The topological polar surface area (TPSA) is 79.3 Å². The first-order chi connectivity index (χ1) is 10.1. The van der Waals surface area contributed by atoms with Gasteiger partial charge in [0.25, 0.3) is 0 Å². The van der Waals surface area contributed by atoms with Crippen molar-refractivity contribution >= 4 is 34.6 Å². The fourth-order valence-corrected chi connectivity index (χ4v) is 4.14. The van der Waals surface area contributed by atoms with Crippen molar-refractivity contribution in [1.29, 1.82) is 0 Å². The second kappa shape index (κ2) is 5.57. The molecular formula is C14H14N2O3S2. The van der Waals surface area contributed by atoms with Crippen LogP contribution in [0, 0.1) is 12.8 Å². The first-order valence-corrected chi connectivity index (χ1v) is 8.31. The van der Waals surface area contributed by atoms with Gasteiger partial charge in [-0.05, 0) is 30.4 Å². The average molecular weight is 322 g/mol. The quantitative estimate of drug-likeness (QED) is 0.887. The lowest BCUT2D eigenvalue weighted by atomic mass is 10.2. The van der Waals surface area contributed by atoms with E-state index in [1.54, 1.807) is 11.3 Å². The van der Waals surface area contributed by atoms with Gasteiger partial charge >= 0.3 is 5.97 Å². The Hall–Kier alpha value is -1.73. The van der Waals surface area contributed by atoms with E-state index >= 15 is 0 Å². The number of aryl methyl sites for hydroxylation is 1. The van der Waals surface area contributed by atoms with Crippen molar-refractivity contribution < 1.29 is 14.7 Å². The molecule has 110 valence electrons. The molecule has 0 aromatic carbocycles. The number of amides is 1. The standard InChI is InChI=1S/C14H14N2O3S2/c1-7-2-3-20-12(7)8-4-9(8)13(17)15-5-11-16-10(6-21-11)14(18)19/h2-3,6,8-9H,4-5H2,1H3,(H,15,17)(H,18,19)/t8-,9-/m1/s1. The van der Waals surface area contributed by atoms with Gasteiger partial charge in [-0.15, -0.1) is 22.7 Å². The van der Waals surface area contributed by atoms with Crippen LogP contribution in [-0.4, -0.2) is 22.0 Å². The smallest absolute Gasteiger partial charge is 0.355 e. The van der Waals surface area contributed by atoms with Gasteiger partial charge in [0.05, 0.1) is 6.54 Å². The Morgan fingerprint density at radius 1 is 1.48 bits per heavy atom. The molecule has 7 heteroatoms. The molecule has 21 heavy (non-hydrogen) atoms. The van der Waals surface area contributed by atoms with Crippen molar-refractivity contribution in [1.82, 2.24) is 10.3 Å². The Labute approximate surface area is 129 Å². The van der Waals surface area contributed by atoms with Crippen LogP contribution in [0.25, 0.3) is 0 Å². The van der Waals surface area contributed by atoms with Crippen molar-refractivity contribution in [3.05, 3.63) is 38.0 Å². The summed E-state index contributed by atoms with van der Waals surface area (Å²) in [4.78, 5) is 28.1. The molecule has 0 unspecified atom stereocenters. The molecule has 1 aliphatic carbocycles. The number of hydrogen-bond donors (Lipinski definition) is 2. The highest BCUT2D eigenvalue weighted by molar-refractivity contribution is 7.10. The molecule has 1 saturated carbocycles. The van der Waals surface area contributed by atoms with E-state index in [2.05, 4.69) is 28.7 Å². The van der Waals surface area contributed by atoms with Gasteiger partial charge in [0.2, 0.25) is 5.91 Å². The Morgan fingerprint density at radius 2 is 2.29 bits per heavy atom. The van der Waals surface area contributed by atoms with E-state index in [0.717, 1.165) is 6.42 Å². The Morgan fingerprint density at radius 3 is 2.90 bits per heavy atom. The zero-order valence-corrected chi connectivity index (χ0v) is 13.0. The zero-order valence-electron chi connectivity index (χ0n) is 11.3. The van der Waals surface area contributed by atoms with Crippen molar-refractivity contribution in [2.75, 3.05) is 0 Å². The Kier molecular flexibility index (Phi) is 3.77. The van der Waals surface area contributed by atoms with E-state index in [4.69, 9.17) is 5.11 Å². The number of thiophene rings is 1. The van der Waals surface area contributed by atoms with Crippen LogP contribution in [0.3, 0.4) is 0 Å². The van der Waals surface area contributed by atoms with E-state index in [1.165, 1.54) is 27.2 Å². The molecule has 0 radical (unpaired) electrons. The summed E-state index contributed by atoms with van der Waals surface area (Å²) in [6.45, 7) is 2.37. The van der Waals surface area contributed by atoms with E-state index < -0.39 is 5.97 Å². The largest absolute Gasteiger partial charge is 0.476 e. The molecule has 1 amide bonds. The predicted molar refractivity (Wildman–Crippen MR) is 80.8 cm³/mol. The summed E-state index contributed by atoms with van der Waals surface area (Å²) >= 11 is 2.96. The van der Waals surface area contributed by atoms with Gasteiger partial charge in [-0.1, -0.05) is 0 Å². The van der Waals surface area contributed by atoms with Gasteiger partial charge in [-0.3, -0.25) is 4.79 Å². The molecule has 0 saturated heterocycles. The summed E-state index contributed by atoms with van der Waals surface area (Å²) in [5, 5.41) is 15.8. The molecule has 2 aromatic rings. The normalized spacial score (nSPS) is 20.2. The van der Waals surface area contributed by atoms with Crippen LogP contribution in [0.2, 0.25) is 0 Å². The first-order valence-electron chi connectivity index (χ1n) is 6.55. The number of aromatic carboxylic acids is 1. The number of thiazole rings is 1. The monoisotopic (exact) mass is 322 g/mol. The highest BCUT2D eigenvalue weighted by Crippen LogP contribution is 2.50. The second-order valence-electron chi connectivity index (χ2n) is 5.07. The van der Waals surface area contributed by atoms with Gasteiger partial charge < -0.3 is 10.4 Å². The molecule has 1 aliphatic rings. The summed E-state index contributed by atoms with van der Waals surface area (Å²) in [7, 11) is 0. The summed E-state index contributed by atoms with van der Waals surface area (Å²) < 4.78 is 0. The lowest BCUT2D eigenvalue weighted by Crippen LogP contribution is -2.24. The van der Waals surface area contributed by atoms with Crippen molar-refractivity contribution in [3.63, 3.8) is 0 Å². The van der Waals surface area contributed by atoms with Crippen molar-refractivity contribution in [2.45, 2.75) is 25.8 Å². The number of carboxylic acid groups (broad SMARTS) is 1. The maximum Gasteiger partial charge on any atom is 0.355 e. The van der Waals surface area contributed by atoms with Gasteiger partial charge in [-0.25, -0.2) is 9.78 Å². The molecule has 0 spiro atoms. The van der Waals surface area contributed by atoms with Crippen LogP contribution in [-0.2, 0) is 11.3 Å². The van der Waals surface area contributed by atoms with Crippen LogP contribution in [0.4, 0.5) is 0 Å². The average Bonchev–Trinajstić information content (AvgIpc) is 2.89. The molecule has 2 atom stereocenters. The fourth-order valence-electron chi connectivity index (χ4n) is 2.32. The van der Waals surface area contributed by atoms with Crippen LogP contribution in [0.5, 0.6) is 0 Å². The maximum atomic E-state index is 12.1. The molecule has 2 N–H and O–H groups in total. The fraction of sp³-hybridized carbons (Fsp3) is 0.357. The summed E-state index contributed by atoms with van der Waals surface area (Å²) in [6, 6.07) is 2.08. The lowest BCUT2D eigenvalue weighted by molar-refractivity contribution is -0.122. The molecule has 2 aromatic heterocycles. The number of carbonyl (C=O) groups excluding carboxylic acids is 1. The van der Waals surface area contributed by atoms with Crippen LogP contribution >= 0.6 is 22.7 Å². The molecule has 1 fully saturated rings. The minimum atomic E-state index is -1.04. The van der Waals surface area contributed by atoms with E-state index in [9.17, 15) is 9.59 Å². The molecule has 0 bridgehead atoms. The summed E-state index contributed by atoms with van der Waals surface area (Å²) in [5.41, 5.74) is 1.29. The van der Waals surface area contributed by atoms with Gasteiger partial charge in [0.1, 0.15) is 5.01 Å². The van der Waals surface area contributed by atoms with Gasteiger partial charge in [-0.2, -0.15) is 0 Å². The van der Waals surface area contributed by atoms with Crippen molar-refractivity contribution in [3.8, 4) is 0 Å². The highest BCUT2D eigenvalue weighted by atomic mass is 32.1. The Balaban J connectivity index is 1.53. The molecule has 3 rings (SSSR count). The number of nitrogens with zero attached hydrogens (tertiary/aromatic N) is 1. The third kappa shape index (κ3) is 2.98. The summed E-state index contributed by atoms with van der Waals surface area (Å²) in [6.07, 6.45) is 0.894. The number of carbonyl (C=O) groups is 2. The third-order valence-electron chi connectivity index (χ3n) is 3.55. The van der Waals surface area contributed by atoms with Crippen LogP contribution < -0.4 is 5.32 Å².